The van der Waals surface area contributed by atoms with Gasteiger partial charge in [0.05, 0.1) is 18.8 Å². The molecule has 3 aromatic carbocycles. The Labute approximate surface area is 197 Å². The van der Waals surface area contributed by atoms with Gasteiger partial charge in [0.2, 0.25) is 0 Å². The van der Waals surface area contributed by atoms with Crippen LogP contribution in [0, 0.1) is 11.6 Å². The predicted octanol–water partition coefficient (Wildman–Crippen LogP) is 4.20. The molecule has 0 saturated carbocycles. The second-order valence-electron chi connectivity index (χ2n) is 7.83. The average molecular weight is 480 g/mol. The highest BCUT2D eigenvalue weighted by Gasteiger charge is 2.36. The summed E-state index contributed by atoms with van der Waals surface area (Å²) in [5.74, 6) is -1.16. The van der Waals surface area contributed by atoms with Crippen LogP contribution in [0.15, 0.2) is 59.8 Å². The van der Waals surface area contributed by atoms with E-state index in [2.05, 4.69) is 15.8 Å². The van der Waals surface area contributed by atoms with Gasteiger partial charge in [0.15, 0.2) is 12.5 Å². The minimum atomic E-state index is -0.634. The Morgan fingerprint density at radius 2 is 1.86 bits per heavy atom. The van der Waals surface area contributed by atoms with E-state index in [1.54, 1.807) is 12.1 Å². The molecule has 0 fully saturated rings. The van der Waals surface area contributed by atoms with E-state index >= 15 is 0 Å². The first-order valence-corrected chi connectivity index (χ1v) is 10.5. The van der Waals surface area contributed by atoms with E-state index < -0.39 is 23.6 Å². The molecule has 3 amide bonds. The van der Waals surface area contributed by atoms with E-state index in [4.69, 9.17) is 9.47 Å². The number of halogens is 2. The number of benzene rings is 3. The summed E-state index contributed by atoms with van der Waals surface area (Å²) in [6, 6.07) is 11.9. The topological polar surface area (TPSA) is 112 Å². The molecule has 35 heavy (non-hydrogen) atoms. The van der Waals surface area contributed by atoms with Crippen LogP contribution in [0.1, 0.15) is 16.7 Å². The van der Waals surface area contributed by atoms with Gasteiger partial charge in [-0.25, -0.2) is 13.6 Å². The summed E-state index contributed by atoms with van der Waals surface area (Å²) in [5, 5.41) is 17.7. The minimum absolute atomic E-state index is 0.00618. The number of oxime groups is 1. The Morgan fingerprint density at radius 1 is 1.06 bits per heavy atom. The van der Waals surface area contributed by atoms with E-state index in [1.807, 2.05) is 0 Å². The van der Waals surface area contributed by atoms with Crippen molar-refractivity contribution in [2.75, 3.05) is 22.3 Å². The number of nitrogens with zero attached hydrogens (tertiary/aromatic N) is 2. The van der Waals surface area contributed by atoms with Gasteiger partial charge in [-0.3, -0.25) is 4.79 Å². The third-order valence-corrected chi connectivity index (χ3v) is 5.51. The number of amides is 3. The average Bonchev–Trinajstić information content (AvgIpc) is 3.08. The van der Waals surface area contributed by atoms with Crippen molar-refractivity contribution in [1.82, 2.24) is 0 Å². The molecule has 0 aromatic heterocycles. The molecule has 3 aromatic rings. The lowest BCUT2D eigenvalue weighted by Gasteiger charge is -2.24. The third-order valence-electron chi connectivity index (χ3n) is 5.51. The summed E-state index contributed by atoms with van der Waals surface area (Å²) in [4.78, 5) is 26.6. The van der Waals surface area contributed by atoms with Gasteiger partial charge in [0, 0.05) is 28.1 Å². The molecule has 0 spiro atoms. The molecular formula is C24H18F2N4O5. The number of urea groups is 1. The zero-order valence-electron chi connectivity index (χ0n) is 18.0. The van der Waals surface area contributed by atoms with E-state index in [0.717, 1.165) is 6.07 Å². The summed E-state index contributed by atoms with van der Waals surface area (Å²) in [6.45, 7) is 0.144. The van der Waals surface area contributed by atoms with Crippen molar-refractivity contribution in [3.8, 4) is 5.75 Å². The molecule has 0 radical (unpaired) electrons. The van der Waals surface area contributed by atoms with Crippen molar-refractivity contribution in [3.63, 3.8) is 0 Å². The number of anilines is 3. The lowest BCUT2D eigenvalue weighted by molar-refractivity contribution is -0.112. The smallest absolute Gasteiger partial charge is 0.323 e. The SMILES string of the molecule is O=C(Nc1cccc(F)c1)Nc1ccc2c(c1)/C(=N/O)C(=O)N2Cc1cc(F)cc2c1OCOC2. The Bertz CT molecular complexity index is 1380. The number of fused-ring (bicyclic) bond motifs is 2. The predicted molar refractivity (Wildman–Crippen MR) is 122 cm³/mol. The van der Waals surface area contributed by atoms with Gasteiger partial charge in [-0.2, -0.15) is 0 Å². The molecule has 9 nitrogen and oxygen atoms in total. The molecule has 0 saturated heterocycles. The largest absolute Gasteiger partial charge is 0.467 e. The van der Waals surface area contributed by atoms with Crippen LogP contribution in [0.2, 0.25) is 0 Å². The number of rotatable bonds is 4. The van der Waals surface area contributed by atoms with Crippen LogP contribution < -0.4 is 20.3 Å². The quantitative estimate of drug-likeness (QED) is 0.383. The van der Waals surface area contributed by atoms with Crippen LogP contribution in [0.4, 0.5) is 30.6 Å². The van der Waals surface area contributed by atoms with Gasteiger partial charge in [-0.05, 0) is 48.5 Å². The summed E-state index contributed by atoms with van der Waals surface area (Å²) < 4.78 is 38.2. The fraction of sp³-hybridized carbons (Fsp3) is 0.125. The fourth-order valence-corrected chi connectivity index (χ4v) is 4.05. The zero-order chi connectivity index (χ0) is 24.5. The number of ether oxygens (including phenoxy) is 2. The Morgan fingerprint density at radius 3 is 2.63 bits per heavy atom. The van der Waals surface area contributed by atoms with Crippen LogP contribution in [-0.2, 0) is 22.7 Å². The maximum Gasteiger partial charge on any atom is 0.323 e. The van der Waals surface area contributed by atoms with Crippen LogP contribution in [-0.4, -0.2) is 29.7 Å². The number of carbonyl (C=O) groups excluding carboxylic acids is 2. The molecule has 178 valence electrons. The molecule has 2 aliphatic rings. The van der Waals surface area contributed by atoms with E-state index in [9.17, 15) is 23.6 Å². The van der Waals surface area contributed by atoms with E-state index in [-0.39, 0.29) is 36.9 Å². The first-order valence-electron chi connectivity index (χ1n) is 10.5. The maximum atomic E-state index is 14.2. The van der Waals surface area contributed by atoms with Crippen molar-refractivity contribution in [1.29, 1.82) is 0 Å². The first kappa shape index (κ1) is 22.3. The lowest BCUT2D eigenvalue weighted by Crippen LogP contribution is -2.30. The fourth-order valence-electron chi connectivity index (χ4n) is 4.05. The highest BCUT2D eigenvalue weighted by atomic mass is 19.1. The maximum absolute atomic E-state index is 14.2. The molecule has 0 unspecified atom stereocenters. The van der Waals surface area contributed by atoms with Gasteiger partial charge in [0.25, 0.3) is 5.91 Å². The van der Waals surface area contributed by atoms with Gasteiger partial charge >= 0.3 is 6.03 Å². The van der Waals surface area contributed by atoms with Gasteiger partial charge in [0.1, 0.15) is 17.4 Å². The molecule has 2 heterocycles. The Hall–Kier alpha value is -4.51. The normalized spacial score (nSPS) is 15.4. The molecular weight excluding hydrogens is 462 g/mol. The molecule has 11 heteroatoms. The summed E-state index contributed by atoms with van der Waals surface area (Å²) in [5.41, 5.74) is 1.96. The van der Waals surface area contributed by atoms with Gasteiger partial charge in [-0.1, -0.05) is 11.2 Å². The Balaban J connectivity index is 1.40. The van der Waals surface area contributed by atoms with Crippen LogP contribution in [0.25, 0.3) is 0 Å². The van der Waals surface area contributed by atoms with E-state index in [1.165, 1.54) is 41.3 Å². The summed E-state index contributed by atoms with van der Waals surface area (Å²) in [7, 11) is 0. The van der Waals surface area contributed by atoms with Crippen molar-refractivity contribution in [2.24, 2.45) is 5.16 Å². The lowest BCUT2D eigenvalue weighted by atomic mass is 10.1. The Kier molecular flexibility index (Phi) is 5.75. The number of hydrogen-bond donors (Lipinski definition) is 3. The first-order chi connectivity index (χ1) is 16.9. The highest BCUT2D eigenvalue weighted by Crippen LogP contribution is 2.36. The summed E-state index contributed by atoms with van der Waals surface area (Å²) >= 11 is 0. The minimum Gasteiger partial charge on any atom is -0.467 e. The van der Waals surface area contributed by atoms with E-state index in [0.29, 0.717) is 28.3 Å². The van der Waals surface area contributed by atoms with Crippen molar-refractivity contribution in [2.45, 2.75) is 13.2 Å². The van der Waals surface area contributed by atoms with Crippen LogP contribution >= 0.6 is 0 Å². The summed E-state index contributed by atoms with van der Waals surface area (Å²) in [6.07, 6.45) is 0. The number of carbonyl (C=O) groups is 2. The highest BCUT2D eigenvalue weighted by molar-refractivity contribution is 6.54. The zero-order valence-corrected chi connectivity index (χ0v) is 18.0. The molecule has 0 aliphatic carbocycles. The van der Waals surface area contributed by atoms with Crippen molar-refractivity contribution >= 4 is 34.7 Å². The third kappa shape index (κ3) is 4.36. The molecule has 0 bridgehead atoms. The van der Waals surface area contributed by atoms with Crippen molar-refractivity contribution in [3.05, 3.63) is 82.9 Å². The second kappa shape index (κ2) is 9.03. The van der Waals surface area contributed by atoms with Gasteiger partial charge in [-0.15, -0.1) is 0 Å². The standard InChI is InChI=1S/C24H18F2N4O5/c25-15-2-1-3-17(8-15)27-24(32)28-18-4-5-20-19(9-18)21(29-33)23(31)30(20)10-13-6-16(26)7-14-11-34-12-35-22(13)14/h1-9,33H,10-12H2,(H2,27,28,32)/b29-21-. The molecule has 3 N–H and O–H groups in total. The number of nitrogens with one attached hydrogen (secondary N) is 2. The van der Waals surface area contributed by atoms with Crippen LogP contribution in [0.3, 0.4) is 0 Å². The molecule has 2 aliphatic heterocycles. The number of hydrogen-bond acceptors (Lipinski definition) is 6. The molecule has 0 atom stereocenters. The molecule has 5 rings (SSSR count). The van der Waals surface area contributed by atoms with Crippen molar-refractivity contribution < 1.29 is 33.1 Å². The van der Waals surface area contributed by atoms with Gasteiger partial charge < -0.3 is 30.2 Å². The monoisotopic (exact) mass is 480 g/mol. The second-order valence-corrected chi connectivity index (χ2v) is 7.83. The van der Waals surface area contributed by atoms with Crippen LogP contribution in [0.5, 0.6) is 5.75 Å².